The van der Waals surface area contributed by atoms with E-state index in [-0.39, 0.29) is 23.4 Å². The largest absolute Gasteiger partial charge is 0.493 e. The standard InChI is InChI=1S/C32H31N3O4/c1-38-26-12-6-7-21-19-27(39-29(21)26)30(36)34-16-13-32(14-17-34)15-18-35(20-32)31(37)33-28-24-10-4-2-8-22(24)23-9-3-5-11-25(23)28/h2-12,19,28H,13-18,20H2,1H3,(H,33,37). The van der Waals surface area contributed by atoms with Crippen molar-refractivity contribution >= 4 is 22.9 Å². The summed E-state index contributed by atoms with van der Waals surface area (Å²) in [5.74, 6) is 0.877. The van der Waals surface area contributed by atoms with E-state index in [9.17, 15) is 9.59 Å². The van der Waals surface area contributed by atoms with Crippen molar-refractivity contribution in [3.63, 3.8) is 0 Å². The van der Waals surface area contributed by atoms with Gasteiger partial charge in [0.25, 0.3) is 5.91 Å². The number of carbonyl (C=O) groups excluding carboxylic acids is 2. The maximum Gasteiger partial charge on any atom is 0.318 e. The second kappa shape index (κ2) is 9.19. The van der Waals surface area contributed by atoms with Crippen LogP contribution < -0.4 is 10.1 Å². The van der Waals surface area contributed by atoms with Crippen LogP contribution in [0.2, 0.25) is 0 Å². The molecule has 0 radical (unpaired) electrons. The first-order valence-electron chi connectivity index (χ1n) is 13.6. The Morgan fingerprint density at radius 1 is 0.872 bits per heavy atom. The first kappa shape index (κ1) is 23.8. The molecule has 7 nitrogen and oxygen atoms in total. The summed E-state index contributed by atoms with van der Waals surface area (Å²) in [5.41, 5.74) is 5.33. The van der Waals surface area contributed by atoms with Gasteiger partial charge in [0.1, 0.15) is 0 Å². The minimum absolute atomic E-state index is 0.0156. The number of ether oxygens (including phenoxy) is 1. The number of hydrogen-bond acceptors (Lipinski definition) is 4. The number of nitrogens with one attached hydrogen (secondary N) is 1. The lowest BCUT2D eigenvalue weighted by Crippen LogP contribution is -2.46. The van der Waals surface area contributed by atoms with Crippen molar-refractivity contribution < 1.29 is 18.7 Å². The highest BCUT2D eigenvalue weighted by Crippen LogP contribution is 2.44. The molecule has 3 aliphatic rings. The van der Waals surface area contributed by atoms with Crippen LogP contribution in [-0.4, -0.2) is 55.0 Å². The number of likely N-dealkylation sites (tertiary alicyclic amines) is 2. The van der Waals surface area contributed by atoms with Crippen LogP contribution >= 0.6 is 0 Å². The van der Waals surface area contributed by atoms with Crippen molar-refractivity contribution in [1.29, 1.82) is 0 Å². The highest BCUT2D eigenvalue weighted by atomic mass is 16.5. The number of carbonyl (C=O) groups is 2. The van der Waals surface area contributed by atoms with Crippen LogP contribution in [0.3, 0.4) is 0 Å². The quantitative estimate of drug-likeness (QED) is 0.367. The molecule has 7 heteroatoms. The smallest absolute Gasteiger partial charge is 0.318 e. The molecular weight excluding hydrogens is 490 g/mol. The maximum atomic E-state index is 13.5. The Morgan fingerprint density at radius 2 is 1.51 bits per heavy atom. The number of benzene rings is 3. The fourth-order valence-corrected chi connectivity index (χ4v) is 6.68. The van der Waals surface area contributed by atoms with Gasteiger partial charge in [0, 0.05) is 31.6 Å². The van der Waals surface area contributed by atoms with Gasteiger partial charge in [0.15, 0.2) is 17.1 Å². The van der Waals surface area contributed by atoms with Gasteiger partial charge >= 0.3 is 6.03 Å². The highest BCUT2D eigenvalue weighted by molar-refractivity contribution is 5.97. The van der Waals surface area contributed by atoms with Crippen LogP contribution in [0.15, 0.2) is 77.2 Å². The van der Waals surface area contributed by atoms with Crippen molar-refractivity contribution in [2.24, 2.45) is 5.41 Å². The number of rotatable bonds is 3. The predicted molar refractivity (Wildman–Crippen MR) is 149 cm³/mol. The van der Waals surface area contributed by atoms with Gasteiger partial charge in [-0.1, -0.05) is 60.7 Å². The molecule has 1 N–H and O–H groups in total. The molecule has 2 fully saturated rings. The van der Waals surface area contributed by atoms with Crippen molar-refractivity contribution in [3.8, 4) is 16.9 Å². The van der Waals surface area contributed by atoms with Crippen molar-refractivity contribution in [2.75, 3.05) is 33.3 Å². The van der Waals surface area contributed by atoms with Crippen LogP contribution in [0.25, 0.3) is 22.1 Å². The zero-order valence-corrected chi connectivity index (χ0v) is 22.0. The zero-order chi connectivity index (χ0) is 26.6. The van der Waals surface area contributed by atoms with Gasteiger partial charge in [0.2, 0.25) is 0 Å². The Kier molecular flexibility index (Phi) is 5.61. The van der Waals surface area contributed by atoms with E-state index in [0.29, 0.717) is 30.2 Å². The number of urea groups is 1. The molecule has 3 aromatic carbocycles. The average molecular weight is 522 g/mol. The number of piperidine rings is 1. The molecule has 0 saturated carbocycles. The van der Waals surface area contributed by atoms with Crippen LogP contribution in [0, 0.1) is 5.41 Å². The summed E-state index contributed by atoms with van der Waals surface area (Å²) in [6.45, 7) is 2.77. The fourth-order valence-electron chi connectivity index (χ4n) is 6.68. The van der Waals surface area contributed by atoms with Crippen LogP contribution in [0.5, 0.6) is 5.75 Å². The first-order chi connectivity index (χ1) is 19.0. The van der Waals surface area contributed by atoms with E-state index in [4.69, 9.17) is 9.15 Å². The molecule has 198 valence electrons. The van der Waals surface area contributed by atoms with E-state index < -0.39 is 0 Å². The summed E-state index contributed by atoms with van der Waals surface area (Å²) < 4.78 is 11.3. The van der Waals surface area contributed by atoms with E-state index in [0.717, 1.165) is 48.9 Å². The van der Waals surface area contributed by atoms with Gasteiger partial charge < -0.3 is 24.3 Å². The SMILES string of the molecule is COc1cccc2cc(C(=O)N3CCC4(CCN(C(=O)NC5c6ccccc6-c6ccccc65)C4)CC3)oc12. The third kappa shape index (κ3) is 3.95. The summed E-state index contributed by atoms with van der Waals surface area (Å²) >= 11 is 0. The molecule has 4 aromatic rings. The lowest BCUT2D eigenvalue weighted by molar-refractivity contribution is 0.0565. The summed E-state index contributed by atoms with van der Waals surface area (Å²) in [4.78, 5) is 30.6. The van der Waals surface area contributed by atoms with E-state index >= 15 is 0 Å². The molecule has 2 aliphatic heterocycles. The fraction of sp³-hybridized carbons (Fsp3) is 0.312. The summed E-state index contributed by atoms with van der Waals surface area (Å²) in [5, 5.41) is 4.18. The topological polar surface area (TPSA) is 75.0 Å². The minimum Gasteiger partial charge on any atom is -0.493 e. The summed E-state index contributed by atoms with van der Waals surface area (Å²) in [7, 11) is 1.60. The number of amides is 3. The lowest BCUT2D eigenvalue weighted by Gasteiger charge is -2.39. The number of furan rings is 1. The molecule has 0 bridgehead atoms. The normalized spacial score (nSPS) is 17.9. The van der Waals surface area contributed by atoms with Gasteiger partial charge in [-0.2, -0.15) is 0 Å². The number of fused-ring (bicyclic) bond motifs is 4. The van der Waals surface area contributed by atoms with Gasteiger partial charge in [-0.05, 0) is 59.1 Å². The monoisotopic (exact) mass is 521 g/mol. The van der Waals surface area contributed by atoms with Gasteiger partial charge in [0.05, 0.1) is 13.2 Å². The maximum absolute atomic E-state index is 13.5. The van der Waals surface area contributed by atoms with Crippen molar-refractivity contribution in [1.82, 2.24) is 15.1 Å². The Morgan fingerprint density at radius 3 is 2.18 bits per heavy atom. The Balaban J connectivity index is 1.01. The average Bonchev–Trinajstić information content (AvgIpc) is 3.68. The lowest BCUT2D eigenvalue weighted by atomic mass is 9.78. The molecule has 7 rings (SSSR count). The van der Waals surface area contributed by atoms with Gasteiger partial charge in [-0.15, -0.1) is 0 Å². The molecule has 0 atom stereocenters. The number of hydrogen-bond donors (Lipinski definition) is 1. The third-order valence-corrected chi connectivity index (χ3v) is 8.88. The number of methoxy groups -OCH3 is 1. The van der Waals surface area contributed by atoms with Crippen LogP contribution in [0.1, 0.15) is 47.0 Å². The van der Waals surface area contributed by atoms with E-state index in [1.165, 1.54) is 11.1 Å². The van der Waals surface area contributed by atoms with Crippen molar-refractivity contribution in [3.05, 3.63) is 89.7 Å². The zero-order valence-electron chi connectivity index (χ0n) is 22.0. The van der Waals surface area contributed by atoms with E-state index in [1.54, 1.807) is 13.2 Å². The predicted octanol–water partition coefficient (Wildman–Crippen LogP) is 5.85. The molecule has 3 amide bonds. The molecule has 1 spiro atoms. The molecule has 3 heterocycles. The molecule has 1 aromatic heterocycles. The van der Waals surface area contributed by atoms with Crippen molar-refractivity contribution in [2.45, 2.75) is 25.3 Å². The number of nitrogens with zero attached hydrogens (tertiary/aromatic N) is 2. The Labute approximate surface area is 227 Å². The molecule has 1 aliphatic carbocycles. The Hall–Kier alpha value is -4.26. The highest BCUT2D eigenvalue weighted by Gasteiger charge is 2.44. The van der Waals surface area contributed by atoms with Crippen LogP contribution in [0.4, 0.5) is 4.79 Å². The molecule has 2 saturated heterocycles. The minimum atomic E-state index is -0.136. The third-order valence-electron chi connectivity index (χ3n) is 8.88. The van der Waals surface area contributed by atoms with Gasteiger partial charge in [-0.25, -0.2) is 4.79 Å². The second-order valence-corrected chi connectivity index (χ2v) is 11.0. The molecule has 39 heavy (non-hydrogen) atoms. The second-order valence-electron chi connectivity index (χ2n) is 11.0. The van der Waals surface area contributed by atoms with Gasteiger partial charge in [-0.3, -0.25) is 4.79 Å². The van der Waals surface area contributed by atoms with E-state index in [1.807, 2.05) is 52.3 Å². The summed E-state index contributed by atoms with van der Waals surface area (Å²) in [6, 6.07) is 23.9. The Bertz CT molecular complexity index is 1540. The van der Waals surface area contributed by atoms with E-state index in [2.05, 4.69) is 29.6 Å². The first-order valence-corrected chi connectivity index (χ1v) is 13.6. The number of para-hydroxylation sites is 1. The molecule has 0 unspecified atom stereocenters. The van der Waals surface area contributed by atoms with Crippen LogP contribution in [-0.2, 0) is 0 Å². The summed E-state index contributed by atoms with van der Waals surface area (Å²) in [6.07, 6.45) is 2.71. The molecular formula is C32H31N3O4.